The lowest BCUT2D eigenvalue weighted by atomic mass is 10.2. The van der Waals surface area contributed by atoms with Crippen LogP contribution in [0, 0.1) is 6.92 Å². The quantitative estimate of drug-likeness (QED) is 0.705. The first-order valence-electron chi connectivity index (χ1n) is 8.39. The monoisotopic (exact) mass is 429 g/mol. The average Bonchev–Trinajstić information content (AvgIpc) is 2.55. The van der Waals surface area contributed by atoms with Crippen molar-refractivity contribution in [3.63, 3.8) is 0 Å². The summed E-state index contributed by atoms with van der Waals surface area (Å²) in [4.78, 5) is 0.200. The highest BCUT2D eigenvalue weighted by Gasteiger charge is 2.45. The zero-order chi connectivity index (χ0) is 19.8. The summed E-state index contributed by atoms with van der Waals surface area (Å²) in [5, 5.41) is -0.344. The molecule has 3 rings (SSSR count). The van der Waals surface area contributed by atoms with Crippen LogP contribution < -0.4 is 4.74 Å². The minimum Gasteiger partial charge on any atom is -0.492 e. The predicted octanol–water partition coefficient (Wildman–Crippen LogP) is 2.89. The number of rotatable bonds is 6. The second kappa shape index (κ2) is 7.43. The van der Waals surface area contributed by atoms with E-state index in [1.54, 1.807) is 32.0 Å². The van der Waals surface area contributed by atoms with Crippen LogP contribution in [0.15, 0.2) is 52.3 Å². The summed E-state index contributed by atoms with van der Waals surface area (Å²) in [7, 11) is -7.46. The van der Waals surface area contributed by atoms with E-state index in [1.807, 2.05) is 0 Å². The number of sulfone groups is 1. The van der Waals surface area contributed by atoms with E-state index in [9.17, 15) is 16.8 Å². The summed E-state index contributed by atoms with van der Waals surface area (Å²) in [6.07, 6.45) is 0. The van der Waals surface area contributed by atoms with Crippen molar-refractivity contribution in [3.8, 4) is 5.75 Å². The second-order valence-electron chi connectivity index (χ2n) is 6.33. The van der Waals surface area contributed by atoms with Crippen LogP contribution in [0.3, 0.4) is 0 Å². The average molecular weight is 430 g/mol. The standard InChI is InChI=1S/C18H20ClNO5S2/c1-3-25-17-9-4-13(2)10-18(17)27(23,24)20-11-16(12-20)26(21,22)15-7-5-14(19)6-8-15/h4-10,16H,3,11-12H2,1-2H3. The Morgan fingerprint density at radius 3 is 2.30 bits per heavy atom. The molecule has 0 saturated carbocycles. The zero-order valence-corrected chi connectivity index (χ0v) is 17.3. The van der Waals surface area contributed by atoms with Gasteiger partial charge < -0.3 is 4.74 Å². The Balaban J connectivity index is 1.83. The fourth-order valence-electron chi connectivity index (χ4n) is 2.84. The molecule has 0 spiro atoms. The summed E-state index contributed by atoms with van der Waals surface area (Å²) >= 11 is 5.80. The van der Waals surface area contributed by atoms with Gasteiger partial charge in [-0.1, -0.05) is 17.7 Å². The number of halogens is 1. The molecule has 1 heterocycles. The highest BCUT2D eigenvalue weighted by atomic mass is 35.5. The third kappa shape index (κ3) is 3.85. The fourth-order valence-corrected chi connectivity index (χ4v) is 6.55. The van der Waals surface area contributed by atoms with Gasteiger partial charge in [0, 0.05) is 18.1 Å². The van der Waals surface area contributed by atoms with E-state index in [0.29, 0.717) is 11.6 Å². The van der Waals surface area contributed by atoms with E-state index in [1.165, 1.54) is 28.6 Å². The third-order valence-corrected chi connectivity index (χ3v) is 8.62. The number of sulfonamides is 1. The topological polar surface area (TPSA) is 80.8 Å². The Morgan fingerprint density at radius 2 is 1.70 bits per heavy atom. The van der Waals surface area contributed by atoms with Gasteiger partial charge in [0.2, 0.25) is 10.0 Å². The molecule has 0 aromatic heterocycles. The molecule has 6 nitrogen and oxygen atoms in total. The molecule has 0 bridgehead atoms. The van der Waals surface area contributed by atoms with Crippen LogP contribution in [-0.2, 0) is 19.9 Å². The van der Waals surface area contributed by atoms with Crippen LogP contribution in [-0.4, -0.2) is 46.1 Å². The van der Waals surface area contributed by atoms with E-state index in [-0.39, 0.29) is 28.6 Å². The number of aryl methyl sites for hydroxylation is 1. The molecule has 0 aliphatic carbocycles. The fraction of sp³-hybridized carbons (Fsp3) is 0.333. The van der Waals surface area contributed by atoms with Gasteiger partial charge in [-0.05, 0) is 55.8 Å². The molecule has 2 aromatic rings. The molecule has 2 aromatic carbocycles. The van der Waals surface area contributed by atoms with Gasteiger partial charge in [0.05, 0.1) is 16.8 Å². The molecule has 9 heteroatoms. The molecule has 1 aliphatic heterocycles. The van der Waals surface area contributed by atoms with Crippen molar-refractivity contribution in [1.82, 2.24) is 4.31 Å². The van der Waals surface area contributed by atoms with E-state index in [2.05, 4.69) is 0 Å². The molecule has 1 saturated heterocycles. The normalized spacial score (nSPS) is 16.1. The van der Waals surface area contributed by atoms with Crippen LogP contribution in [0.4, 0.5) is 0 Å². The van der Waals surface area contributed by atoms with Crippen molar-refractivity contribution < 1.29 is 21.6 Å². The maximum absolute atomic E-state index is 12.9. The summed E-state index contributed by atoms with van der Waals surface area (Å²) in [5.41, 5.74) is 0.780. The van der Waals surface area contributed by atoms with Crippen LogP contribution in [0.1, 0.15) is 12.5 Å². The number of ether oxygens (including phenoxy) is 1. The van der Waals surface area contributed by atoms with Gasteiger partial charge in [0.25, 0.3) is 0 Å². The van der Waals surface area contributed by atoms with E-state index in [4.69, 9.17) is 16.3 Å². The van der Waals surface area contributed by atoms with Gasteiger partial charge in [0.1, 0.15) is 10.6 Å². The molecule has 0 N–H and O–H groups in total. The Bertz CT molecular complexity index is 1040. The van der Waals surface area contributed by atoms with Crippen molar-refractivity contribution in [2.45, 2.75) is 28.9 Å². The van der Waals surface area contributed by atoms with Crippen molar-refractivity contribution in [2.75, 3.05) is 19.7 Å². The highest BCUT2D eigenvalue weighted by Crippen LogP contribution is 2.33. The molecule has 1 aliphatic rings. The number of hydrogen-bond donors (Lipinski definition) is 0. The predicted molar refractivity (Wildman–Crippen MR) is 104 cm³/mol. The van der Waals surface area contributed by atoms with Gasteiger partial charge in [-0.2, -0.15) is 4.31 Å². The summed E-state index contributed by atoms with van der Waals surface area (Å²) in [5.74, 6) is 0.270. The minimum atomic E-state index is -3.84. The number of nitrogens with zero attached hydrogens (tertiary/aromatic N) is 1. The first-order valence-corrected chi connectivity index (χ1v) is 11.8. The maximum Gasteiger partial charge on any atom is 0.246 e. The maximum atomic E-state index is 12.9. The van der Waals surface area contributed by atoms with Crippen molar-refractivity contribution in [1.29, 1.82) is 0 Å². The Hall–Kier alpha value is -1.61. The molecule has 146 valence electrons. The lowest BCUT2D eigenvalue weighted by Crippen LogP contribution is -2.56. The summed E-state index contributed by atoms with van der Waals surface area (Å²) in [6.45, 7) is 3.71. The van der Waals surface area contributed by atoms with Crippen LogP contribution in [0.25, 0.3) is 0 Å². The van der Waals surface area contributed by atoms with Gasteiger partial charge in [-0.25, -0.2) is 16.8 Å². The lowest BCUT2D eigenvalue weighted by molar-refractivity contribution is 0.302. The summed E-state index contributed by atoms with van der Waals surface area (Å²) < 4.78 is 57.8. The highest BCUT2D eigenvalue weighted by molar-refractivity contribution is 7.92. The van der Waals surface area contributed by atoms with E-state index < -0.39 is 25.1 Å². The van der Waals surface area contributed by atoms with Crippen LogP contribution in [0.2, 0.25) is 5.02 Å². The van der Waals surface area contributed by atoms with Gasteiger partial charge >= 0.3 is 0 Å². The Labute approximate surface area is 164 Å². The Morgan fingerprint density at radius 1 is 1.07 bits per heavy atom. The van der Waals surface area contributed by atoms with Crippen molar-refractivity contribution >= 4 is 31.5 Å². The molecule has 0 unspecified atom stereocenters. The van der Waals surface area contributed by atoms with Gasteiger partial charge in [0.15, 0.2) is 9.84 Å². The van der Waals surface area contributed by atoms with Crippen LogP contribution in [0.5, 0.6) is 5.75 Å². The molecule has 0 atom stereocenters. The van der Waals surface area contributed by atoms with Crippen molar-refractivity contribution in [2.24, 2.45) is 0 Å². The van der Waals surface area contributed by atoms with Crippen molar-refractivity contribution in [3.05, 3.63) is 53.1 Å². The first-order chi connectivity index (χ1) is 12.7. The number of benzene rings is 2. The zero-order valence-electron chi connectivity index (χ0n) is 14.9. The molecule has 0 radical (unpaired) electrons. The van der Waals surface area contributed by atoms with Gasteiger partial charge in [-0.15, -0.1) is 0 Å². The summed E-state index contributed by atoms with van der Waals surface area (Å²) in [6, 6.07) is 10.8. The minimum absolute atomic E-state index is 0.0618. The number of hydrogen-bond acceptors (Lipinski definition) is 5. The van der Waals surface area contributed by atoms with E-state index in [0.717, 1.165) is 5.56 Å². The largest absolute Gasteiger partial charge is 0.492 e. The lowest BCUT2D eigenvalue weighted by Gasteiger charge is -2.37. The molecule has 0 amide bonds. The molecule has 27 heavy (non-hydrogen) atoms. The van der Waals surface area contributed by atoms with Gasteiger partial charge in [-0.3, -0.25) is 0 Å². The smallest absolute Gasteiger partial charge is 0.246 e. The second-order valence-corrected chi connectivity index (χ2v) is 10.9. The molecular weight excluding hydrogens is 410 g/mol. The molecule has 1 fully saturated rings. The van der Waals surface area contributed by atoms with Crippen LogP contribution >= 0.6 is 11.6 Å². The SMILES string of the molecule is CCOc1ccc(C)cc1S(=O)(=O)N1CC(S(=O)(=O)c2ccc(Cl)cc2)C1. The third-order valence-electron chi connectivity index (χ3n) is 4.41. The first kappa shape index (κ1) is 20.1. The molecular formula is C18H20ClNO5S2. The Kier molecular flexibility index (Phi) is 5.54. The van der Waals surface area contributed by atoms with E-state index >= 15 is 0 Å².